The van der Waals surface area contributed by atoms with Crippen LogP contribution in [0.3, 0.4) is 0 Å². The molecule has 0 spiro atoms. The van der Waals surface area contributed by atoms with Crippen molar-refractivity contribution in [2.75, 3.05) is 6.54 Å². The molecule has 0 unspecified atom stereocenters. The van der Waals surface area contributed by atoms with Gasteiger partial charge in [0.05, 0.1) is 0 Å². The van der Waals surface area contributed by atoms with Crippen LogP contribution in [-0.4, -0.2) is 27.5 Å². The van der Waals surface area contributed by atoms with Crippen molar-refractivity contribution in [1.82, 2.24) is 14.9 Å². The number of hydrogen-bond donors (Lipinski definition) is 1. The molecule has 1 saturated heterocycles. The zero-order valence-corrected chi connectivity index (χ0v) is 15.4. The number of rotatable bonds is 6. The van der Waals surface area contributed by atoms with Gasteiger partial charge in [0.2, 0.25) is 0 Å². The Morgan fingerprint density at radius 3 is 2.76 bits per heavy atom. The first-order chi connectivity index (χ1) is 12.2. The van der Waals surface area contributed by atoms with Gasteiger partial charge >= 0.3 is 0 Å². The van der Waals surface area contributed by atoms with Crippen molar-refractivity contribution in [3.63, 3.8) is 0 Å². The Hall–Kier alpha value is -1.94. The molecule has 1 aliphatic heterocycles. The van der Waals surface area contributed by atoms with Gasteiger partial charge in [-0.05, 0) is 44.7 Å². The van der Waals surface area contributed by atoms with Crippen LogP contribution < -0.4 is 5.56 Å². The summed E-state index contributed by atoms with van der Waals surface area (Å²) in [5.41, 5.74) is 3.11. The van der Waals surface area contributed by atoms with Gasteiger partial charge in [-0.15, -0.1) is 0 Å². The van der Waals surface area contributed by atoms with Crippen LogP contribution in [0.25, 0.3) is 11.4 Å². The monoisotopic (exact) mass is 339 g/mol. The topological polar surface area (TPSA) is 49.0 Å². The third-order valence-corrected chi connectivity index (χ3v) is 5.13. The third-order valence-electron chi connectivity index (χ3n) is 5.13. The van der Waals surface area contributed by atoms with E-state index in [0.717, 1.165) is 37.1 Å². The molecule has 1 N–H and O–H groups in total. The summed E-state index contributed by atoms with van der Waals surface area (Å²) in [6.07, 6.45) is 6.98. The molecule has 0 aliphatic carbocycles. The van der Waals surface area contributed by atoms with Crippen molar-refractivity contribution in [2.45, 2.75) is 65.0 Å². The first-order valence-corrected chi connectivity index (χ1v) is 9.59. The number of H-pyrrole nitrogens is 1. The van der Waals surface area contributed by atoms with Crippen LogP contribution in [0, 0.1) is 0 Å². The number of benzene rings is 1. The van der Waals surface area contributed by atoms with E-state index in [4.69, 9.17) is 0 Å². The van der Waals surface area contributed by atoms with Gasteiger partial charge in [0.25, 0.3) is 5.56 Å². The largest absolute Gasteiger partial charge is 0.307 e. The van der Waals surface area contributed by atoms with Crippen LogP contribution >= 0.6 is 0 Å². The van der Waals surface area contributed by atoms with Crippen molar-refractivity contribution >= 4 is 0 Å². The summed E-state index contributed by atoms with van der Waals surface area (Å²) in [4.78, 5) is 22.0. The number of piperidine rings is 1. The molecular formula is C21H29N3O. The molecule has 4 heteroatoms. The highest BCUT2D eigenvalue weighted by Crippen LogP contribution is 2.21. The van der Waals surface area contributed by atoms with E-state index in [1.807, 2.05) is 0 Å². The number of hydrogen-bond acceptors (Lipinski definition) is 3. The highest BCUT2D eigenvalue weighted by molar-refractivity contribution is 5.55. The molecule has 3 rings (SSSR count). The SMILES string of the molecule is CCCCc1cc(=O)[nH]c(-c2ccc(CN3CCCC[C@@H]3C)cc2)n1. The number of aromatic nitrogens is 2. The van der Waals surface area contributed by atoms with Crippen molar-refractivity contribution < 1.29 is 0 Å². The van der Waals surface area contributed by atoms with E-state index in [2.05, 4.69) is 53.0 Å². The van der Waals surface area contributed by atoms with Gasteiger partial charge < -0.3 is 4.98 Å². The van der Waals surface area contributed by atoms with Crippen molar-refractivity contribution in [3.05, 3.63) is 51.9 Å². The van der Waals surface area contributed by atoms with E-state index in [1.54, 1.807) is 6.07 Å². The molecule has 25 heavy (non-hydrogen) atoms. The number of nitrogens with zero attached hydrogens (tertiary/aromatic N) is 2. The van der Waals surface area contributed by atoms with Crippen LogP contribution in [0.1, 0.15) is 57.2 Å². The van der Waals surface area contributed by atoms with Gasteiger partial charge in [-0.25, -0.2) is 4.98 Å². The first kappa shape index (κ1) is 17.9. The van der Waals surface area contributed by atoms with E-state index in [-0.39, 0.29) is 5.56 Å². The second-order valence-electron chi connectivity index (χ2n) is 7.20. The fourth-order valence-electron chi connectivity index (χ4n) is 3.53. The molecule has 0 amide bonds. The number of likely N-dealkylation sites (tertiary alicyclic amines) is 1. The Kier molecular flexibility index (Phi) is 6.03. The molecule has 1 aliphatic rings. The second kappa shape index (κ2) is 8.43. The van der Waals surface area contributed by atoms with Gasteiger partial charge in [0.1, 0.15) is 5.82 Å². The standard InChI is InChI=1S/C21H29N3O/c1-3-4-8-19-14-20(25)23-21(22-19)18-11-9-17(10-12-18)15-24-13-6-5-7-16(24)2/h9-12,14,16H,3-8,13,15H2,1-2H3,(H,22,23,25)/t16-/m0/s1. The van der Waals surface area contributed by atoms with Gasteiger partial charge in [-0.3, -0.25) is 9.69 Å². The van der Waals surface area contributed by atoms with Crippen molar-refractivity contribution in [3.8, 4) is 11.4 Å². The summed E-state index contributed by atoms with van der Waals surface area (Å²) in [6, 6.07) is 10.8. The molecule has 0 radical (unpaired) electrons. The highest BCUT2D eigenvalue weighted by Gasteiger charge is 2.18. The summed E-state index contributed by atoms with van der Waals surface area (Å²) >= 11 is 0. The molecule has 134 valence electrons. The highest BCUT2D eigenvalue weighted by atomic mass is 16.1. The minimum absolute atomic E-state index is 0.0673. The minimum atomic E-state index is -0.0673. The first-order valence-electron chi connectivity index (χ1n) is 9.59. The molecule has 1 fully saturated rings. The lowest BCUT2D eigenvalue weighted by atomic mass is 10.0. The maximum atomic E-state index is 11.9. The molecule has 0 saturated carbocycles. The van der Waals surface area contributed by atoms with Gasteiger partial charge in [-0.1, -0.05) is 44.0 Å². The third kappa shape index (κ3) is 4.79. The predicted octanol–water partition coefficient (Wildman–Crippen LogP) is 4.15. The van der Waals surface area contributed by atoms with Crippen LogP contribution in [0.5, 0.6) is 0 Å². The van der Waals surface area contributed by atoms with Gasteiger partial charge in [0.15, 0.2) is 0 Å². The van der Waals surface area contributed by atoms with Crippen molar-refractivity contribution in [1.29, 1.82) is 0 Å². The lowest BCUT2D eigenvalue weighted by molar-refractivity contribution is 0.152. The van der Waals surface area contributed by atoms with Gasteiger partial charge in [0, 0.05) is 29.9 Å². The summed E-state index contributed by atoms with van der Waals surface area (Å²) < 4.78 is 0. The second-order valence-corrected chi connectivity index (χ2v) is 7.20. The lowest BCUT2D eigenvalue weighted by Gasteiger charge is -2.33. The minimum Gasteiger partial charge on any atom is -0.307 e. The maximum absolute atomic E-state index is 11.9. The quantitative estimate of drug-likeness (QED) is 0.860. The Morgan fingerprint density at radius 1 is 1.24 bits per heavy atom. The van der Waals surface area contributed by atoms with E-state index in [1.165, 1.54) is 31.4 Å². The molecular weight excluding hydrogens is 310 g/mol. The summed E-state index contributed by atoms with van der Waals surface area (Å²) in [7, 11) is 0. The fraction of sp³-hybridized carbons (Fsp3) is 0.524. The van der Waals surface area contributed by atoms with Crippen LogP contribution in [0.2, 0.25) is 0 Å². The maximum Gasteiger partial charge on any atom is 0.251 e. The zero-order chi connectivity index (χ0) is 17.6. The average Bonchev–Trinajstić information content (AvgIpc) is 2.62. The Morgan fingerprint density at radius 2 is 2.04 bits per heavy atom. The molecule has 4 nitrogen and oxygen atoms in total. The van der Waals surface area contributed by atoms with Crippen LogP contribution in [-0.2, 0) is 13.0 Å². The molecule has 1 aromatic heterocycles. The summed E-state index contributed by atoms with van der Waals surface area (Å²) in [6.45, 7) is 6.67. The van der Waals surface area contributed by atoms with Crippen molar-refractivity contribution in [2.24, 2.45) is 0 Å². The normalized spacial score (nSPS) is 18.4. The predicted molar refractivity (Wildman–Crippen MR) is 103 cm³/mol. The molecule has 1 atom stereocenters. The summed E-state index contributed by atoms with van der Waals surface area (Å²) in [5, 5.41) is 0. The van der Waals surface area contributed by atoms with Gasteiger partial charge in [-0.2, -0.15) is 0 Å². The molecule has 2 aromatic rings. The number of nitrogens with one attached hydrogen (secondary N) is 1. The van der Waals surface area contributed by atoms with Crippen LogP contribution in [0.15, 0.2) is 35.1 Å². The number of unbranched alkanes of at least 4 members (excludes halogenated alkanes) is 1. The Bertz CT molecular complexity index is 736. The molecule has 1 aromatic carbocycles. The van der Waals surface area contributed by atoms with E-state index >= 15 is 0 Å². The molecule has 2 heterocycles. The average molecular weight is 339 g/mol. The fourth-order valence-corrected chi connectivity index (χ4v) is 3.53. The zero-order valence-electron chi connectivity index (χ0n) is 15.4. The Labute approximate surface area is 150 Å². The smallest absolute Gasteiger partial charge is 0.251 e. The molecule has 0 bridgehead atoms. The van der Waals surface area contributed by atoms with E-state index in [9.17, 15) is 4.79 Å². The van der Waals surface area contributed by atoms with Crippen LogP contribution in [0.4, 0.5) is 0 Å². The number of aryl methyl sites for hydroxylation is 1. The summed E-state index contributed by atoms with van der Waals surface area (Å²) in [5.74, 6) is 0.677. The Balaban J connectivity index is 1.73. The van der Waals surface area contributed by atoms with E-state index < -0.39 is 0 Å². The lowest BCUT2D eigenvalue weighted by Crippen LogP contribution is -2.36. The number of aromatic amines is 1. The van der Waals surface area contributed by atoms with E-state index in [0.29, 0.717) is 11.9 Å².